The molecule has 4 rings (SSSR count). The molecule has 1 aromatic rings. The van der Waals surface area contributed by atoms with Crippen LogP contribution in [0, 0.1) is 11.3 Å². The number of benzene rings is 1. The van der Waals surface area contributed by atoms with Crippen LogP contribution < -0.4 is 16.3 Å². The molecule has 2 aliphatic heterocycles. The van der Waals surface area contributed by atoms with Crippen molar-refractivity contribution in [2.75, 3.05) is 47.0 Å². The molecule has 0 aromatic heterocycles. The number of halogens is 1. The summed E-state index contributed by atoms with van der Waals surface area (Å²) >= 11 is 6.69. The van der Waals surface area contributed by atoms with Crippen LogP contribution in [0.15, 0.2) is 23.5 Å². The second-order valence-electron chi connectivity index (χ2n) is 11.5. The molecule has 2 heterocycles. The maximum Gasteiger partial charge on any atom is 0.310 e. The number of fused-ring (bicyclic) bond motifs is 1. The van der Waals surface area contributed by atoms with E-state index in [-0.39, 0.29) is 31.6 Å². The number of nitrogens with zero attached hydrogens (tertiary/aromatic N) is 3. The van der Waals surface area contributed by atoms with Crippen molar-refractivity contribution in [3.63, 3.8) is 0 Å². The number of carboxylic acid groups (broad SMARTS) is 1. The lowest BCUT2D eigenvalue weighted by atomic mass is 9.66. The minimum Gasteiger partial charge on any atom is -0.487 e. The van der Waals surface area contributed by atoms with Gasteiger partial charge in [-0.15, -0.1) is 0 Å². The van der Waals surface area contributed by atoms with Crippen LogP contribution in [0.4, 0.5) is 0 Å². The molecule has 3 aliphatic rings. The Morgan fingerprint density at radius 3 is 2.59 bits per heavy atom. The summed E-state index contributed by atoms with van der Waals surface area (Å²) < 4.78 is 11.5. The summed E-state index contributed by atoms with van der Waals surface area (Å²) in [5.41, 5.74) is 7.71. The maximum absolute atomic E-state index is 14.3. The Balaban J connectivity index is 1.74. The minimum atomic E-state index is -1.15. The van der Waals surface area contributed by atoms with Crippen molar-refractivity contribution in [1.29, 1.82) is 0 Å². The van der Waals surface area contributed by atoms with Gasteiger partial charge in [-0.05, 0) is 50.3 Å². The van der Waals surface area contributed by atoms with Gasteiger partial charge >= 0.3 is 5.97 Å². The Bertz CT molecular complexity index is 1210. The molecule has 1 aromatic carbocycles. The van der Waals surface area contributed by atoms with Gasteiger partial charge in [0.05, 0.1) is 35.4 Å². The smallest absolute Gasteiger partial charge is 0.310 e. The van der Waals surface area contributed by atoms with Crippen LogP contribution >= 0.6 is 11.6 Å². The first-order valence-electron chi connectivity index (χ1n) is 14.2. The summed E-state index contributed by atoms with van der Waals surface area (Å²) in [5.74, 6) is 4.65. The lowest BCUT2D eigenvalue weighted by Crippen LogP contribution is -2.52. The third-order valence-corrected chi connectivity index (χ3v) is 9.23. The summed E-state index contributed by atoms with van der Waals surface area (Å²) in [5, 5.41) is 12.1. The van der Waals surface area contributed by atoms with Crippen LogP contribution in [0.2, 0.25) is 5.02 Å². The third-order valence-electron chi connectivity index (χ3n) is 8.88. The fourth-order valence-electron chi connectivity index (χ4n) is 6.45. The second kappa shape index (κ2) is 12.9. The van der Waals surface area contributed by atoms with Gasteiger partial charge in [0.25, 0.3) is 0 Å². The van der Waals surface area contributed by atoms with E-state index in [1.807, 2.05) is 0 Å². The molecule has 2 fully saturated rings. The zero-order valence-corrected chi connectivity index (χ0v) is 24.9. The van der Waals surface area contributed by atoms with E-state index in [0.29, 0.717) is 60.9 Å². The van der Waals surface area contributed by atoms with E-state index in [0.717, 1.165) is 30.4 Å². The molecule has 1 saturated carbocycles. The molecule has 2 amide bonds. The molecule has 1 aliphatic carbocycles. The van der Waals surface area contributed by atoms with Crippen molar-refractivity contribution in [3.8, 4) is 5.75 Å². The number of nitrogens with two attached hydrogens (primary N) is 2. The van der Waals surface area contributed by atoms with Gasteiger partial charge in [0.1, 0.15) is 12.4 Å². The molecule has 0 radical (unpaired) electrons. The number of ether oxygens (including phenoxy) is 2. The first-order valence-corrected chi connectivity index (χ1v) is 14.6. The van der Waals surface area contributed by atoms with Gasteiger partial charge in [0.2, 0.25) is 11.8 Å². The molecule has 11 nitrogen and oxygen atoms in total. The number of carbonyl (C=O) groups is 3. The molecule has 1 saturated heterocycles. The van der Waals surface area contributed by atoms with Crippen LogP contribution in [0.5, 0.6) is 5.75 Å². The van der Waals surface area contributed by atoms with E-state index in [9.17, 15) is 19.5 Å². The molecule has 2 unspecified atom stereocenters. The predicted octanol–water partition coefficient (Wildman–Crippen LogP) is 2.67. The van der Waals surface area contributed by atoms with Gasteiger partial charge in [-0.3, -0.25) is 14.4 Å². The number of carboxylic acids is 1. The number of hydrogen-bond acceptors (Lipinski definition) is 8. The molecule has 0 bridgehead atoms. The zero-order chi connectivity index (χ0) is 29.9. The van der Waals surface area contributed by atoms with E-state index in [1.54, 1.807) is 43.0 Å². The molecule has 3 atom stereocenters. The lowest BCUT2D eigenvalue weighted by Gasteiger charge is -2.45. The van der Waals surface area contributed by atoms with E-state index in [1.165, 1.54) is 5.01 Å². The Morgan fingerprint density at radius 1 is 1.20 bits per heavy atom. The van der Waals surface area contributed by atoms with Crippen LogP contribution in [0.3, 0.4) is 0 Å². The van der Waals surface area contributed by atoms with Crippen LogP contribution in [-0.2, 0) is 25.5 Å². The van der Waals surface area contributed by atoms with Crippen molar-refractivity contribution in [2.24, 2.45) is 22.9 Å². The van der Waals surface area contributed by atoms with E-state index in [4.69, 9.17) is 32.7 Å². The van der Waals surface area contributed by atoms with Crippen molar-refractivity contribution in [1.82, 2.24) is 14.8 Å². The SMILES string of the molecule is COC/C(=C(/N)COc1ccc(Cl)c2c1C(CN1CCCC1=O)N(C(=O)C1CCCC[C@]1(C)C(=O)O)CC2)N(C)N. The number of hydrogen-bond donors (Lipinski definition) is 3. The Labute approximate surface area is 246 Å². The first-order chi connectivity index (χ1) is 19.5. The number of amides is 2. The number of methoxy groups -OCH3 is 1. The number of aliphatic carboxylic acids is 1. The number of likely N-dealkylation sites (N-methyl/N-ethyl adjacent to an activating group) is 1. The highest BCUT2D eigenvalue weighted by atomic mass is 35.5. The lowest BCUT2D eigenvalue weighted by molar-refractivity contribution is -0.162. The average molecular weight is 592 g/mol. The molecule has 12 heteroatoms. The summed E-state index contributed by atoms with van der Waals surface area (Å²) in [4.78, 5) is 42.9. The molecule has 5 N–H and O–H groups in total. The van der Waals surface area contributed by atoms with E-state index < -0.39 is 23.3 Å². The highest BCUT2D eigenvalue weighted by Crippen LogP contribution is 2.46. The molecule has 226 valence electrons. The van der Waals surface area contributed by atoms with Crippen LogP contribution in [0.1, 0.15) is 62.6 Å². The van der Waals surface area contributed by atoms with Gasteiger partial charge in [-0.2, -0.15) is 0 Å². The second-order valence-corrected chi connectivity index (χ2v) is 11.9. The Kier molecular flexibility index (Phi) is 9.71. The molecular weight excluding hydrogens is 550 g/mol. The zero-order valence-electron chi connectivity index (χ0n) is 24.2. The van der Waals surface area contributed by atoms with Crippen LogP contribution in [-0.4, -0.2) is 84.7 Å². The topological polar surface area (TPSA) is 152 Å². The maximum atomic E-state index is 14.3. The fourth-order valence-corrected chi connectivity index (χ4v) is 6.71. The number of likely N-dealkylation sites (tertiary alicyclic amines) is 1. The minimum absolute atomic E-state index is 0.0112. The molecule has 41 heavy (non-hydrogen) atoms. The van der Waals surface area contributed by atoms with E-state index in [2.05, 4.69) is 0 Å². The van der Waals surface area contributed by atoms with Crippen LogP contribution in [0.25, 0.3) is 0 Å². The third kappa shape index (κ3) is 6.27. The largest absolute Gasteiger partial charge is 0.487 e. The normalized spacial score (nSPS) is 25.0. The van der Waals surface area contributed by atoms with Crippen molar-refractivity contribution in [3.05, 3.63) is 39.7 Å². The van der Waals surface area contributed by atoms with Gasteiger partial charge in [0.15, 0.2) is 0 Å². The van der Waals surface area contributed by atoms with E-state index >= 15 is 0 Å². The van der Waals surface area contributed by atoms with Gasteiger partial charge < -0.3 is 35.1 Å². The summed E-state index contributed by atoms with van der Waals surface area (Å²) in [7, 11) is 3.21. The van der Waals surface area contributed by atoms with Crippen molar-refractivity contribution in [2.45, 2.75) is 57.9 Å². The monoisotopic (exact) mass is 591 g/mol. The quantitative estimate of drug-likeness (QED) is 0.275. The standard InChI is InChI=1S/C29H42ClN5O6/c1-29(28(38)39)12-5-4-7-19(29)27(37)35-14-11-18-20(30)9-10-24(41-16-21(31)23(17-40-3)33(2)32)26(18)22(35)15-34-13-6-8-25(34)36/h9-10,19,22H,4-8,11-17,31-32H2,1-3H3,(H,38,39)/b23-21-/t19?,22?,29-/m0/s1. The molecular formula is C29H42ClN5O6. The van der Waals surface area contributed by atoms with Crippen molar-refractivity contribution >= 4 is 29.4 Å². The highest BCUT2D eigenvalue weighted by molar-refractivity contribution is 6.31. The van der Waals surface area contributed by atoms with Crippen molar-refractivity contribution < 1.29 is 29.0 Å². The van der Waals surface area contributed by atoms with Gasteiger partial charge in [-0.1, -0.05) is 24.4 Å². The van der Waals surface area contributed by atoms with Gasteiger partial charge in [-0.25, -0.2) is 5.84 Å². The number of rotatable bonds is 10. The predicted molar refractivity (Wildman–Crippen MR) is 154 cm³/mol. The summed E-state index contributed by atoms with van der Waals surface area (Å²) in [6.45, 7) is 3.13. The molecule has 0 spiro atoms. The number of hydrazine groups is 1. The summed E-state index contributed by atoms with van der Waals surface area (Å²) in [6.07, 6.45) is 4.21. The first kappa shape index (κ1) is 30.9. The Hall–Kier alpha value is -3.02. The average Bonchev–Trinajstić information content (AvgIpc) is 3.35. The highest BCUT2D eigenvalue weighted by Gasteiger charge is 2.50. The van der Waals surface area contributed by atoms with Gasteiger partial charge in [0, 0.05) is 50.8 Å². The summed E-state index contributed by atoms with van der Waals surface area (Å²) in [6, 6.07) is 2.97. The Morgan fingerprint density at radius 2 is 1.95 bits per heavy atom. The fraction of sp³-hybridized carbons (Fsp3) is 0.621. The number of carbonyl (C=O) groups excluding carboxylic acids is 2.